The van der Waals surface area contributed by atoms with Crippen LogP contribution in [0, 0.1) is 0 Å². The number of ether oxygens (including phenoxy) is 2. The SMILES string of the molecule is CCOC(=O)NS(=O)(=O)c1ccccc1OC(F)(F)F.c1ccccc1. The molecule has 6 nitrogen and oxygen atoms in total. The lowest BCUT2D eigenvalue weighted by molar-refractivity contribution is -0.275. The molecule has 0 spiro atoms. The van der Waals surface area contributed by atoms with E-state index in [-0.39, 0.29) is 6.61 Å². The van der Waals surface area contributed by atoms with Crippen LogP contribution in [0.25, 0.3) is 0 Å². The standard InChI is InChI=1S/C10H10F3NO5S.C6H6/c1-2-18-9(15)14-20(16,17)8-6-4-3-5-7(8)19-10(11,12)13;1-2-4-6-5-3-1/h3-6H,2H2,1H3,(H,14,15);1-6H. The molecular formula is C16H16F3NO5S. The highest BCUT2D eigenvalue weighted by atomic mass is 32.2. The quantitative estimate of drug-likeness (QED) is 0.859. The van der Waals surface area contributed by atoms with Crippen molar-refractivity contribution in [1.82, 2.24) is 4.72 Å². The summed E-state index contributed by atoms with van der Waals surface area (Å²) in [6.45, 7) is 1.34. The minimum absolute atomic E-state index is 0.0952. The second kappa shape index (κ2) is 9.66. The number of alkyl halides is 3. The van der Waals surface area contributed by atoms with E-state index in [4.69, 9.17) is 0 Å². The van der Waals surface area contributed by atoms with E-state index < -0.39 is 33.1 Å². The number of sulfonamides is 1. The first-order chi connectivity index (χ1) is 12.2. The second-order valence-corrected chi connectivity index (χ2v) is 6.13. The van der Waals surface area contributed by atoms with Gasteiger partial charge in [0.25, 0.3) is 10.0 Å². The van der Waals surface area contributed by atoms with E-state index in [1.54, 1.807) is 0 Å². The molecule has 0 atom stereocenters. The zero-order valence-electron chi connectivity index (χ0n) is 13.6. The molecule has 0 aliphatic carbocycles. The maximum atomic E-state index is 12.2. The van der Waals surface area contributed by atoms with Gasteiger partial charge in [-0.05, 0) is 19.1 Å². The third kappa shape index (κ3) is 7.88. The van der Waals surface area contributed by atoms with Crippen LogP contribution in [0.1, 0.15) is 6.92 Å². The van der Waals surface area contributed by atoms with Gasteiger partial charge >= 0.3 is 12.5 Å². The molecule has 1 amide bonds. The van der Waals surface area contributed by atoms with Crippen molar-refractivity contribution in [2.24, 2.45) is 0 Å². The Bertz CT molecular complexity index is 768. The molecule has 0 heterocycles. The third-order valence-electron chi connectivity index (χ3n) is 2.52. The molecule has 142 valence electrons. The summed E-state index contributed by atoms with van der Waals surface area (Å²) in [6.07, 6.45) is -6.36. The first-order valence-electron chi connectivity index (χ1n) is 7.20. The monoisotopic (exact) mass is 391 g/mol. The van der Waals surface area contributed by atoms with Crippen molar-refractivity contribution in [2.45, 2.75) is 18.2 Å². The molecule has 0 saturated carbocycles. The van der Waals surface area contributed by atoms with Crippen LogP contribution in [-0.2, 0) is 14.8 Å². The first kappa shape index (κ1) is 21.3. The lowest BCUT2D eigenvalue weighted by Crippen LogP contribution is -2.32. The van der Waals surface area contributed by atoms with E-state index in [2.05, 4.69) is 9.47 Å². The van der Waals surface area contributed by atoms with Crippen molar-refractivity contribution < 1.29 is 35.9 Å². The molecule has 2 aromatic rings. The molecule has 1 N–H and O–H groups in total. The van der Waals surface area contributed by atoms with Gasteiger partial charge in [0, 0.05) is 0 Å². The van der Waals surface area contributed by atoms with Gasteiger partial charge in [-0.2, -0.15) is 0 Å². The predicted molar refractivity (Wildman–Crippen MR) is 86.9 cm³/mol. The highest BCUT2D eigenvalue weighted by molar-refractivity contribution is 7.90. The van der Waals surface area contributed by atoms with Crippen LogP contribution < -0.4 is 9.46 Å². The van der Waals surface area contributed by atoms with Crippen LogP contribution in [0.4, 0.5) is 18.0 Å². The number of carbonyl (C=O) groups excluding carboxylic acids is 1. The Morgan fingerprint density at radius 1 is 1.00 bits per heavy atom. The molecule has 0 bridgehead atoms. The van der Waals surface area contributed by atoms with E-state index in [1.165, 1.54) is 17.7 Å². The van der Waals surface area contributed by atoms with Gasteiger partial charge in [0.1, 0.15) is 10.6 Å². The minimum Gasteiger partial charge on any atom is -0.449 e. The fourth-order valence-electron chi connectivity index (χ4n) is 1.59. The summed E-state index contributed by atoms with van der Waals surface area (Å²) in [6, 6.07) is 16.0. The van der Waals surface area contributed by atoms with Crippen molar-refractivity contribution in [3.05, 3.63) is 60.7 Å². The summed E-state index contributed by atoms with van der Waals surface area (Å²) < 4.78 is 69.4. The fraction of sp³-hybridized carbons (Fsp3) is 0.188. The summed E-state index contributed by atoms with van der Waals surface area (Å²) in [7, 11) is -4.53. The van der Waals surface area contributed by atoms with Gasteiger partial charge in [-0.25, -0.2) is 17.9 Å². The molecule has 0 unspecified atom stereocenters. The van der Waals surface area contributed by atoms with Crippen molar-refractivity contribution in [1.29, 1.82) is 0 Å². The van der Waals surface area contributed by atoms with Gasteiger partial charge in [0.05, 0.1) is 6.61 Å². The van der Waals surface area contributed by atoms with Gasteiger partial charge in [-0.15, -0.1) is 13.2 Å². The van der Waals surface area contributed by atoms with Crippen molar-refractivity contribution in [2.75, 3.05) is 6.61 Å². The van der Waals surface area contributed by atoms with Gasteiger partial charge in [-0.3, -0.25) is 0 Å². The number of hydrogen-bond donors (Lipinski definition) is 1. The van der Waals surface area contributed by atoms with Crippen LogP contribution in [0.2, 0.25) is 0 Å². The number of benzene rings is 2. The highest BCUT2D eigenvalue weighted by Gasteiger charge is 2.34. The smallest absolute Gasteiger partial charge is 0.449 e. The number of halogens is 3. The number of nitrogens with one attached hydrogen (secondary N) is 1. The van der Waals surface area contributed by atoms with E-state index in [1.807, 2.05) is 36.4 Å². The van der Waals surface area contributed by atoms with Gasteiger partial charge in [-0.1, -0.05) is 48.5 Å². The van der Waals surface area contributed by atoms with E-state index >= 15 is 0 Å². The topological polar surface area (TPSA) is 81.7 Å². The van der Waals surface area contributed by atoms with Crippen molar-refractivity contribution in [3.63, 3.8) is 0 Å². The summed E-state index contributed by atoms with van der Waals surface area (Å²) in [5.74, 6) is -0.947. The number of rotatable bonds is 4. The Morgan fingerprint density at radius 2 is 1.50 bits per heavy atom. The van der Waals surface area contributed by atoms with Gasteiger partial charge in [0.2, 0.25) is 0 Å². The van der Waals surface area contributed by atoms with Crippen LogP contribution >= 0.6 is 0 Å². The Balaban J connectivity index is 0.000000472. The normalized spacial score (nSPS) is 10.9. The fourth-order valence-corrected chi connectivity index (χ4v) is 2.61. The van der Waals surface area contributed by atoms with E-state index in [9.17, 15) is 26.4 Å². The zero-order chi connectivity index (χ0) is 19.6. The molecule has 10 heteroatoms. The van der Waals surface area contributed by atoms with Crippen LogP contribution in [0.15, 0.2) is 65.6 Å². The number of amides is 1. The molecule has 0 saturated heterocycles. The van der Waals surface area contributed by atoms with Crippen LogP contribution in [0.3, 0.4) is 0 Å². The highest BCUT2D eigenvalue weighted by Crippen LogP contribution is 2.29. The maximum Gasteiger partial charge on any atom is 0.573 e. The average Bonchev–Trinajstić information content (AvgIpc) is 2.55. The molecule has 0 radical (unpaired) electrons. The summed E-state index contributed by atoms with van der Waals surface area (Å²) in [5, 5.41) is 0. The lowest BCUT2D eigenvalue weighted by Gasteiger charge is -2.13. The number of carbonyl (C=O) groups is 1. The molecule has 2 aromatic carbocycles. The lowest BCUT2D eigenvalue weighted by atomic mass is 10.3. The van der Waals surface area contributed by atoms with Crippen LogP contribution in [0.5, 0.6) is 5.75 Å². The number of para-hydroxylation sites is 1. The first-order valence-corrected chi connectivity index (χ1v) is 8.68. The van der Waals surface area contributed by atoms with Gasteiger partial charge in [0.15, 0.2) is 0 Å². The molecule has 26 heavy (non-hydrogen) atoms. The predicted octanol–water partition coefficient (Wildman–Crippen LogP) is 3.71. The summed E-state index contributed by atoms with van der Waals surface area (Å²) in [4.78, 5) is 10.2. The van der Waals surface area contributed by atoms with E-state index in [0.29, 0.717) is 0 Å². The third-order valence-corrected chi connectivity index (χ3v) is 3.88. The number of hydrogen-bond acceptors (Lipinski definition) is 5. The average molecular weight is 391 g/mol. The zero-order valence-corrected chi connectivity index (χ0v) is 14.4. The Labute approximate surface area is 148 Å². The largest absolute Gasteiger partial charge is 0.573 e. The van der Waals surface area contributed by atoms with E-state index in [0.717, 1.165) is 18.2 Å². The summed E-state index contributed by atoms with van der Waals surface area (Å²) in [5.41, 5.74) is 0. The summed E-state index contributed by atoms with van der Waals surface area (Å²) >= 11 is 0. The Hall–Kier alpha value is -2.75. The molecule has 0 aromatic heterocycles. The molecule has 0 aliphatic rings. The van der Waals surface area contributed by atoms with Crippen molar-refractivity contribution >= 4 is 16.1 Å². The molecule has 0 fully saturated rings. The second-order valence-electron chi connectivity index (χ2n) is 4.48. The maximum absolute atomic E-state index is 12.2. The Morgan fingerprint density at radius 3 is 1.96 bits per heavy atom. The van der Waals surface area contributed by atoms with Crippen molar-refractivity contribution in [3.8, 4) is 5.75 Å². The molecule has 0 aliphatic heterocycles. The Kier molecular flexibility index (Phi) is 7.91. The molecular weight excluding hydrogens is 375 g/mol. The minimum atomic E-state index is -5.06. The van der Waals surface area contributed by atoms with Gasteiger partial charge < -0.3 is 9.47 Å². The van der Waals surface area contributed by atoms with Crippen LogP contribution in [-0.4, -0.2) is 27.5 Å². The molecule has 2 rings (SSSR count).